The summed E-state index contributed by atoms with van der Waals surface area (Å²) in [7, 11) is 0. The van der Waals surface area contributed by atoms with Crippen molar-refractivity contribution in [3.8, 4) is 11.5 Å². The maximum absolute atomic E-state index is 13.7. The Balaban J connectivity index is 1.13. The fourth-order valence-electron chi connectivity index (χ4n) is 8.51. The van der Waals surface area contributed by atoms with Gasteiger partial charge in [-0.2, -0.15) is 0 Å². The van der Waals surface area contributed by atoms with Gasteiger partial charge < -0.3 is 14.6 Å². The van der Waals surface area contributed by atoms with Crippen LogP contribution in [0.1, 0.15) is 72.5 Å². The minimum atomic E-state index is -1.03. The van der Waals surface area contributed by atoms with Crippen molar-refractivity contribution in [2.24, 2.45) is 17.8 Å². The zero-order valence-electron chi connectivity index (χ0n) is 26.0. The Hall–Kier alpha value is -4.44. The van der Waals surface area contributed by atoms with Gasteiger partial charge in [0.25, 0.3) is 11.8 Å². The number of carboxylic acids is 1. The molecule has 4 saturated carbocycles. The highest BCUT2D eigenvalue weighted by molar-refractivity contribution is 9.10. The Morgan fingerprint density at radius 2 is 1.66 bits per heavy atom. The molecule has 0 aromatic heterocycles. The van der Waals surface area contributed by atoms with Gasteiger partial charge in [-0.05, 0) is 144 Å². The van der Waals surface area contributed by atoms with Gasteiger partial charge in [-0.3, -0.25) is 14.9 Å². The molecule has 5 fully saturated rings. The van der Waals surface area contributed by atoms with Crippen LogP contribution in [-0.4, -0.2) is 35.5 Å². The van der Waals surface area contributed by atoms with E-state index in [2.05, 4.69) is 33.4 Å². The van der Waals surface area contributed by atoms with E-state index in [-0.39, 0.29) is 23.2 Å². The van der Waals surface area contributed by atoms with Gasteiger partial charge in [-0.1, -0.05) is 24.3 Å². The molecule has 5 aliphatic rings. The molecule has 0 spiro atoms. The molecular formula is C37H35BrN2O7. The molecule has 0 unspecified atom stereocenters. The van der Waals surface area contributed by atoms with Gasteiger partial charge >= 0.3 is 12.0 Å². The number of barbiturate groups is 1. The van der Waals surface area contributed by atoms with Crippen LogP contribution in [0.3, 0.4) is 0 Å². The largest absolute Gasteiger partial charge is 0.490 e. The summed E-state index contributed by atoms with van der Waals surface area (Å²) in [5.41, 5.74) is 2.97. The van der Waals surface area contributed by atoms with E-state index in [0.717, 1.165) is 22.7 Å². The molecule has 9 nitrogen and oxygen atoms in total. The van der Waals surface area contributed by atoms with Gasteiger partial charge in [0, 0.05) is 0 Å². The molecule has 4 bridgehead atoms. The minimum Gasteiger partial charge on any atom is -0.490 e. The van der Waals surface area contributed by atoms with Gasteiger partial charge in [0.15, 0.2) is 11.5 Å². The number of rotatable bonds is 9. The standard InChI is InChI=1S/C37H35BrN2O7/c1-2-46-31-16-22(15-30(38)32(31)47-20-21-4-3-5-26(13-21)35(43)44)14-29-33(41)39-36(45)40(34(29)42)28-8-6-27(7-9-28)37-17-23-10-24(18-37)12-25(11-23)19-37/h3-9,13-16,23-25H,2,10-12,17-20H2,1H3,(H,43,44)(H,39,41,45)/b29-14+. The zero-order chi connectivity index (χ0) is 32.9. The van der Waals surface area contributed by atoms with E-state index in [1.807, 2.05) is 19.1 Å². The molecule has 1 aliphatic heterocycles. The van der Waals surface area contributed by atoms with Crippen LogP contribution in [0.25, 0.3) is 6.08 Å². The monoisotopic (exact) mass is 698 g/mol. The van der Waals surface area contributed by atoms with Gasteiger partial charge in [0.2, 0.25) is 0 Å². The van der Waals surface area contributed by atoms with Gasteiger partial charge in [-0.25, -0.2) is 14.5 Å². The van der Waals surface area contributed by atoms with Crippen LogP contribution < -0.4 is 19.7 Å². The van der Waals surface area contributed by atoms with Crippen LogP contribution in [0, 0.1) is 17.8 Å². The van der Waals surface area contributed by atoms with Crippen molar-refractivity contribution in [3.63, 3.8) is 0 Å². The summed E-state index contributed by atoms with van der Waals surface area (Å²) in [6, 6.07) is 16.7. The molecule has 1 saturated heterocycles. The number of urea groups is 1. The van der Waals surface area contributed by atoms with Crippen molar-refractivity contribution in [2.75, 3.05) is 11.5 Å². The topological polar surface area (TPSA) is 122 Å². The lowest BCUT2D eigenvalue weighted by atomic mass is 9.48. The van der Waals surface area contributed by atoms with Crippen LogP contribution in [0.4, 0.5) is 10.5 Å². The molecule has 10 heteroatoms. The first kappa shape index (κ1) is 31.2. The zero-order valence-corrected chi connectivity index (χ0v) is 27.5. The van der Waals surface area contributed by atoms with Crippen molar-refractivity contribution in [3.05, 3.63) is 93.0 Å². The third kappa shape index (κ3) is 5.95. The molecule has 3 aromatic rings. The summed E-state index contributed by atoms with van der Waals surface area (Å²) in [5.74, 6) is 0.612. The van der Waals surface area contributed by atoms with Crippen LogP contribution in [0.2, 0.25) is 0 Å². The van der Waals surface area contributed by atoms with Crippen molar-refractivity contribution >= 4 is 51.5 Å². The highest BCUT2D eigenvalue weighted by Gasteiger charge is 2.51. The molecule has 0 atom stereocenters. The number of nitrogens with one attached hydrogen (secondary N) is 1. The van der Waals surface area contributed by atoms with E-state index in [1.165, 1.54) is 62.3 Å². The SMILES string of the molecule is CCOc1cc(/C=C2\C(=O)NC(=O)N(c3ccc(C45CC6CC(CC(C6)C4)C5)cc3)C2=O)cc(Br)c1OCc1cccc(C(=O)O)c1. The second kappa shape index (κ2) is 12.3. The summed E-state index contributed by atoms with van der Waals surface area (Å²) < 4.78 is 12.3. The number of anilines is 1. The second-order valence-corrected chi connectivity index (χ2v) is 14.1. The third-order valence-electron chi connectivity index (χ3n) is 10.1. The summed E-state index contributed by atoms with van der Waals surface area (Å²) in [4.78, 5) is 52.0. The second-order valence-electron chi connectivity index (χ2n) is 13.3. The number of hydrogen-bond donors (Lipinski definition) is 2. The van der Waals surface area contributed by atoms with E-state index in [0.29, 0.717) is 39.4 Å². The molecule has 47 heavy (non-hydrogen) atoms. The van der Waals surface area contributed by atoms with Crippen LogP contribution in [0.15, 0.2) is 70.7 Å². The Labute approximate surface area is 281 Å². The summed E-state index contributed by atoms with van der Waals surface area (Å²) in [6.45, 7) is 2.22. The van der Waals surface area contributed by atoms with E-state index >= 15 is 0 Å². The number of nitrogens with zero attached hydrogens (tertiary/aromatic N) is 1. The highest BCUT2D eigenvalue weighted by atomic mass is 79.9. The van der Waals surface area contributed by atoms with E-state index in [4.69, 9.17) is 9.47 Å². The van der Waals surface area contributed by atoms with Gasteiger partial charge in [0.1, 0.15) is 12.2 Å². The van der Waals surface area contributed by atoms with Crippen molar-refractivity contribution in [2.45, 2.75) is 57.5 Å². The van der Waals surface area contributed by atoms with Crippen molar-refractivity contribution < 1.29 is 33.8 Å². The van der Waals surface area contributed by atoms with Crippen molar-refractivity contribution in [1.29, 1.82) is 0 Å². The lowest BCUT2D eigenvalue weighted by Crippen LogP contribution is -2.54. The van der Waals surface area contributed by atoms with Crippen LogP contribution in [-0.2, 0) is 21.6 Å². The average molecular weight is 700 g/mol. The number of hydrogen-bond acceptors (Lipinski definition) is 6. The molecule has 1 heterocycles. The number of carbonyl (C=O) groups excluding carboxylic acids is 3. The van der Waals surface area contributed by atoms with Crippen LogP contribution >= 0.6 is 15.9 Å². The Morgan fingerprint density at radius 1 is 0.979 bits per heavy atom. The molecule has 4 amide bonds. The lowest BCUT2D eigenvalue weighted by Gasteiger charge is -2.57. The Kier molecular flexibility index (Phi) is 8.16. The lowest BCUT2D eigenvalue weighted by molar-refractivity contribution is -0.122. The fraction of sp³-hybridized carbons (Fsp3) is 0.351. The van der Waals surface area contributed by atoms with E-state index in [1.54, 1.807) is 24.3 Å². The number of halogens is 1. The number of ether oxygens (including phenoxy) is 2. The first-order valence-corrected chi connectivity index (χ1v) is 16.8. The van der Waals surface area contributed by atoms with Crippen molar-refractivity contribution in [1.82, 2.24) is 5.32 Å². The van der Waals surface area contributed by atoms with Gasteiger partial charge in [0.05, 0.1) is 22.3 Å². The average Bonchev–Trinajstić information content (AvgIpc) is 3.02. The third-order valence-corrected chi connectivity index (χ3v) is 10.7. The number of imide groups is 2. The molecule has 242 valence electrons. The number of amides is 4. The smallest absolute Gasteiger partial charge is 0.335 e. The first-order chi connectivity index (χ1) is 22.6. The summed E-state index contributed by atoms with van der Waals surface area (Å²) in [6.07, 6.45) is 9.12. The van der Waals surface area contributed by atoms with E-state index < -0.39 is 23.8 Å². The highest BCUT2D eigenvalue weighted by Crippen LogP contribution is 2.60. The molecular weight excluding hydrogens is 664 g/mol. The Bertz CT molecular complexity index is 1780. The molecule has 8 rings (SSSR count). The molecule has 3 aromatic carbocycles. The maximum atomic E-state index is 13.7. The predicted molar refractivity (Wildman–Crippen MR) is 178 cm³/mol. The number of carboxylic acid groups (broad SMARTS) is 1. The summed E-state index contributed by atoms with van der Waals surface area (Å²) in [5, 5.41) is 11.6. The van der Waals surface area contributed by atoms with Crippen LogP contribution in [0.5, 0.6) is 11.5 Å². The Morgan fingerprint density at radius 3 is 2.30 bits per heavy atom. The molecule has 0 radical (unpaired) electrons. The van der Waals surface area contributed by atoms with Gasteiger partial charge in [-0.15, -0.1) is 0 Å². The normalized spacial score (nSPS) is 25.7. The minimum absolute atomic E-state index is 0.0832. The quantitative estimate of drug-likeness (QED) is 0.178. The first-order valence-electron chi connectivity index (χ1n) is 16.1. The fourth-order valence-corrected chi connectivity index (χ4v) is 9.08. The number of benzene rings is 3. The molecule has 4 aliphatic carbocycles. The van der Waals surface area contributed by atoms with E-state index in [9.17, 15) is 24.3 Å². The molecule has 2 N–H and O–H groups in total. The predicted octanol–water partition coefficient (Wildman–Crippen LogP) is 7.26. The number of carbonyl (C=O) groups is 4. The maximum Gasteiger partial charge on any atom is 0.335 e. The summed E-state index contributed by atoms with van der Waals surface area (Å²) >= 11 is 3.52. The number of aromatic carboxylic acids is 1.